The minimum absolute atomic E-state index is 0.235. The number of rotatable bonds is 7. The summed E-state index contributed by atoms with van der Waals surface area (Å²) in [5, 5.41) is 7.12. The Kier molecular flexibility index (Phi) is 4.77. The summed E-state index contributed by atoms with van der Waals surface area (Å²) in [4.78, 5) is 0. The van der Waals surface area contributed by atoms with Gasteiger partial charge in [-0.25, -0.2) is 4.39 Å². The fraction of sp³-hybridized carbons (Fsp3) is 0.538. The Morgan fingerprint density at radius 1 is 1.29 bits per heavy atom. The Bertz CT molecular complexity index is 366. The lowest BCUT2D eigenvalue weighted by atomic mass is 10.2. The molecule has 0 unspecified atom stereocenters. The average Bonchev–Trinajstić information content (AvgIpc) is 3.09. The molecule has 94 valence electrons. The van der Waals surface area contributed by atoms with Gasteiger partial charge in [0.1, 0.15) is 5.82 Å². The normalized spacial score (nSPS) is 15.2. The van der Waals surface area contributed by atoms with Gasteiger partial charge in [-0.05, 0) is 44.5 Å². The van der Waals surface area contributed by atoms with Gasteiger partial charge in [0.2, 0.25) is 0 Å². The van der Waals surface area contributed by atoms with Crippen molar-refractivity contribution < 1.29 is 4.39 Å². The Balaban J connectivity index is 1.60. The molecule has 1 aliphatic carbocycles. The molecule has 2 N–H and O–H groups in total. The fourth-order valence-electron chi connectivity index (χ4n) is 1.70. The fourth-order valence-corrected chi connectivity index (χ4v) is 1.85. The largest absolute Gasteiger partial charge is 0.314 e. The van der Waals surface area contributed by atoms with Crippen LogP contribution in [0, 0.1) is 5.82 Å². The molecule has 4 heteroatoms. The molecule has 2 nitrogen and oxygen atoms in total. The van der Waals surface area contributed by atoms with Crippen LogP contribution >= 0.6 is 11.6 Å². The van der Waals surface area contributed by atoms with E-state index >= 15 is 0 Å². The Hall–Kier alpha value is -0.640. The van der Waals surface area contributed by atoms with E-state index in [1.807, 2.05) is 0 Å². The van der Waals surface area contributed by atoms with E-state index in [4.69, 9.17) is 11.6 Å². The molecule has 17 heavy (non-hydrogen) atoms. The Morgan fingerprint density at radius 3 is 2.82 bits per heavy atom. The summed E-state index contributed by atoms with van der Waals surface area (Å²) in [5.41, 5.74) is 0.671. The predicted octanol–water partition coefficient (Wildman–Crippen LogP) is 2.71. The van der Waals surface area contributed by atoms with Gasteiger partial charge in [-0.15, -0.1) is 0 Å². The van der Waals surface area contributed by atoms with Crippen LogP contribution in [0.3, 0.4) is 0 Å². The molecular formula is C13H18ClFN2. The van der Waals surface area contributed by atoms with Gasteiger partial charge in [-0.2, -0.15) is 0 Å². The number of nitrogens with one attached hydrogen (secondary N) is 2. The Morgan fingerprint density at radius 2 is 2.12 bits per heavy atom. The quantitative estimate of drug-likeness (QED) is 0.733. The minimum Gasteiger partial charge on any atom is -0.314 e. The van der Waals surface area contributed by atoms with Crippen LogP contribution in [-0.4, -0.2) is 19.1 Å². The van der Waals surface area contributed by atoms with Crippen LogP contribution in [0.1, 0.15) is 24.8 Å². The van der Waals surface area contributed by atoms with Crippen LogP contribution in [0.25, 0.3) is 0 Å². The van der Waals surface area contributed by atoms with Gasteiger partial charge in [0.05, 0.1) is 0 Å². The molecule has 0 atom stereocenters. The zero-order chi connectivity index (χ0) is 12.1. The van der Waals surface area contributed by atoms with Gasteiger partial charge >= 0.3 is 0 Å². The average molecular weight is 257 g/mol. The van der Waals surface area contributed by atoms with E-state index < -0.39 is 0 Å². The lowest BCUT2D eigenvalue weighted by molar-refractivity contribution is 0.567. The molecule has 0 saturated heterocycles. The van der Waals surface area contributed by atoms with E-state index in [1.165, 1.54) is 18.9 Å². The number of hydrogen-bond acceptors (Lipinski definition) is 2. The Labute approximate surface area is 107 Å². The SMILES string of the molecule is Fc1cc(Cl)ccc1CNCCCNC1CC1. The molecule has 1 aromatic carbocycles. The number of hydrogen-bond donors (Lipinski definition) is 2. The van der Waals surface area contributed by atoms with Crippen molar-refractivity contribution in [3.8, 4) is 0 Å². The summed E-state index contributed by atoms with van der Waals surface area (Å²) < 4.78 is 13.4. The van der Waals surface area contributed by atoms with Gasteiger partial charge in [0.15, 0.2) is 0 Å². The van der Waals surface area contributed by atoms with Crippen LogP contribution in [0.15, 0.2) is 18.2 Å². The highest BCUT2D eigenvalue weighted by Gasteiger charge is 2.19. The first-order valence-corrected chi connectivity index (χ1v) is 6.51. The first-order chi connectivity index (χ1) is 8.25. The molecule has 0 bridgehead atoms. The maximum atomic E-state index is 13.4. The molecular weight excluding hydrogens is 239 g/mol. The molecule has 0 aliphatic heterocycles. The molecule has 1 saturated carbocycles. The van der Waals surface area contributed by atoms with Crippen molar-refractivity contribution in [2.24, 2.45) is 0 Å². The molecule has 0 spiro atoms. The molecule has 1 fully saturated rings. The van der Waals surface area contributed by atoms with Crippen LogP contribution < -0.4 is 10.6 Å². The second-order valence-corrected chi connectivity index (χ2v) is 4.93. The summed E-state index contributed by atoms with van der Waals surface area (Å²) in [6.07, 6.45) is 3.72. The number of benzene rings is 1. The van der Waals surface area contributed by atoms with Crippen molar-refractivity contribution in [3.63, 3.8) is 0 Å². The second kappa shape index (κ2) is 6.34. The van der Waals surface area contributed by atoms with E-state index in [0.717, 1.165) is 25.6 Å². The third-order valence-corrected chi connectivity index (χ3v) is 3.11. The molecule has 0 aromatic heterocycles. The summed E-state index contributed by atoms with van der Waals surface area (Å²) in [6.45, 7) is 2.51. The molecule has 1 aliphatic rings. The van der Waals surface area contributed by atoms with E-state index in [1.54, 1.807) is 12.1 Å². The predicted molar refractivity (Wildman–Crippen MR) is 68.8 cm³/mol. The van der Waals surface area contributed by atoms with Gasteiger partial charge in [0, 0.05) is 23.2 Å². The van der Waals surface area contributed by atoms with Crippen molar-refractivity contribution in [1.82, 2.24) is 10.6 Å². The molecule has 2 rings (SSSR count). The van der Waals surface area contributed by atoms with Crippen LogP contribution in [-0.2, 0) is 6.54 Å². The number of halogens is 2. The van der Waals surface area contributed by atoms with Gasteiger partial charge in [0.25, 0.3) is 0 Å². The highest BCUT2D eigenvalue weighted by Crippen LogP contribution is 2.18. The molecule has 0 radical (unpaired) electrons. The first kappa shape index (κ1) is 12.8. The summed E-state index contributed by atoms with van der Waals surface area (Å²) in [5.74, 6) is -0.235. The van der Waals surface area contributed by atoms with E-state index in [0.29, 0.717) is 17.1 Å². The van der Waals surface area contributed by atoms with Crippen molar-refractivity contribution >= 4 is 11.6 Å². The monoisotopic (exact) mass is 256 g/mol. The smallest absolute Gasteiger partial charge is 0.129 e. The van der Waals surface area contributed by atoms with Gasteiger partial charge in [-0.3, -0.25) is 0 Å². The third kappa shape index (κ3) is 4.62. The molecule has 1 aromatic rings. The standard InChI is InChI=1S/C13H18ClFN2/c14-11-3-2-10(13(15)8-11)9-16-6-1-7-17-12-4-5-12/h2-3,8,12,16-17H,1,4-7,9H2. The highest BCUT2D eigenvalue weighted by atomic mass is 35.5. The maximum Gasteiger partial charge on any atom is 0.129 e. The van der Waals surface area contributed by atoms with E-state index in [-0.39, 0.29) is 5.82 Å². The zero-order valence-corrected chi connectivity index (χ0v) is 10.6. The van der Waals surface area contributed by atoms with Gasteiger partial charge in [-0.1, -0.05) is 17.7 Å². The van der Waals surface area contributed by atoms with Crippen LogP contribution in [0.5, 0.6) is 0 Å². The second-order valence-electron chi connectivity index (χ2n) is 4.49. The molecule has 0 heterocycles. The van der Waals surface area contributed by atoms with Gasteiger partial charge < -0.3 is 10.6 Å². The lowest BCUT2D eigenvalue weighted by Gasteiger charge is -2.07. The maximum absolute atomic E-state index is 13.4. The lowest BCUT2D eigenvalue weighted by Crippen LogP contribution is -2.23. The van der Waals surface area contributed by atoms with Crippen LogP contribution in [0.2, 0.25) is 5.02 Å². The van der Waals surface area contributed by atoms with Crippen molar-refractivity contribution in [1.29, 1.82) is 0 Å². The summed E-state index contributed by atoms with van der Waals surface area (Å²) in [7, 11) is 0. The first-order valence-electron chi connectivity index (χ1n) is 6.14. The third-order valence-electron chi connectivity index (χ3n) is 2.87. The van der Waals surface area contributed by atoms with Crippen molar-refractivity contribution in [2.45, 2.75) is 31.8 Å². The molecule has 0 amide bonds. The van der Waals surface area contributed by atoms with Crippen molar-refractivity contribution in [3.05, 3.63) is 34.6 Å². The van der Waals surface area contributed by atoms with Crippen LogP contribution in [0.4, 0.5) is 4.39 Å². The minimum atomic E-state index is -0.235. The zero-order valence-electron chi connectivity index (χ0n) is 9.81. The van der Waals surface area contributed by atoms with E-state index in [9.17, 15) is 4.39 Å². The summed E-state index contributed by atoms with van der Waals surface area (Å²) in [6, 6.07) is 5.57. The van der Waals surface area contributed by atoms with E-state index in [2.05, 4.69) is 10.6 Å². The topological polar surface area (TPSA) is 24.1 Å². The summed E-state index contributed by atoms with van der Waals surface area (Å²) >= 11 is 5.69. The van der Waals surface area contributed by atoms with Crippen molar-refractivity contribution in [2.75, 3.05) is 13.1 Å². The highest BCUT2D eigenvalue weighted by molar-refractivity contribution is 6.30.